The van der Waals surface area contributed by atoms with Gasteiger partial charge in [0.05, 0.1) is 18.8 Å². The smallest absolute Gasteiger partial charge is 0.0964 e. The van der Waals surface area contributed by atoms with Gasteiger partial charge in [0.25, 0.3) is 0 Å². The molecule has 0 fully saturated rings. The van der Waals surface area contributed by atoms with Crippen molar-refractivity contribution >= 4 is 0 Å². The van der Waals surface area contributed by atoms with Crippen LogP contribution in [0, 0.1) is 0 Å². The van der Waals surface area contributed by atoms with E-state index in [1.54, 1.807) is 6.20 Å². The lowest BCUT2D eigenvalue weighted by molar-refractivity contribution is 0.490. The first-order chi connectivity index (χ1) is 7.38. The molecule has 2 aromatic rings. The highest BCUT2D eigenvalue weighted by molar-refractivity contribution is 4.91. The van der Waals surface area contributed by atoms with Gasteiger partial charge >= 0.3 is 0 Å². The summed E-state index contributed by atoms with van der Waals surface area (Å²) in [4.78, 5) is 0. The molecule has 0 aliphatic rings. The molecule has 0 bridgehead atoms. The van der Waals surface area contributed by atoms with E-state index in [4.69, 9.17) is 0 Å². The largest absolute Gasteiger partial charge is 0.314 e. The average molecular weight is 206 g/mol. The standard InChI is InChI=1S/C9H14N6/c1-10-7-9-8-15(13-12-9)6-5-14-4-2-3-11-14/h2-4,8,10H,5-7H2,1H3. The molecule has 0 saturated heterocycles. The molecular formula is C9H14N6. The minimum atomic E-state index is 0.752. The van der Waals surface area contributed by atoms with Crippen LogP contribution in [0.25, 0.3) is 0 Å². The molecule has 6 heteroatoms. The summed E-state index contributed by atoms with van der Waals surface area (Å²) in [5.74, 6) is 0. The van der Waals surface area contributed by atoms with Crippen molar-refractivity contribution in [1.29, 1.82) is 0 Å². The van der Waals surface area contributed by atoms with Crippen LogP contribution in [-0.2, 0) is 19.6 Å². The van der Waals surface area contributed by atoms with Gasteiger partial charge in [0.1, 0.15) is 0 Å². The van der Waals surface area contributed by atoms with Crippen molar-refractivity contribution in [3.8, 4) is 0 Å². The second-order valence-electron chi connectivity index (χ2n) is 3.27. The van der Waals surface area contributed by atoms with Gasteiger partial charge in [0.2, 0.25) is 0 Å². The Morgan fingerprint density at radius 1 is 1.33 bits per heavy atom. The molecular weight excluding hydrogens is 192 g/mol. The minimum Gasteiger partial charge on any atom is -0.314 e. The summed E-state index contributed by atoms with van der Waals surface area (Å²) >= 11 is 0. The molecule has 80 valence electrons. The molecule has 2 rings (SSSR count). The van der Waals surface area contributed by atoms with Crippen LogP contribution < -0.4 is 5.32 Å². The van der Waals surface area contributed by atoms with Gasteiger partial charge in [0, 0.05) is 25.1 Å². The van der Waals surface area contributed by atoms with Crippen molar-refractivity contribution in [3.63, 3.8) is 0 Å². The van der Waals surface area contributed by atoms with Gasteiger partial charge in [-0.15, -0.1) is 5.10 Å². The minimum absolute atomic E-state index is 0.752. The summed E-state index contributed by atoms with van der Waals surface area (Å²) in [6.07, 6.45) is 5.65. The lowest BCUT2D eigenvalue weighted by Gasteiger charge is -2.00. The normalized spacial score (nSPS) is 10.7. The van der Waals surface area contributed by atoms with Crippen molar-refractivity contribution in [2.75, 3.05) is 7.05 Å². The van der Waals surface area contributed by atoms with Gasteiger partial charge in [-0.2, -0.15) is 5.10 Å². The van der Waals surface area contributed by atoms with Crippen LogP contribution in [-0.4, -0.2) is 31.8 Å². The zero-order valence-corrected chi connectivity index (χ0v) is 8.67. The number of nitrogens with one attached hydrogen (secondary N) is 1. The van der Waals surface area contributed by atoms with E-state index < -0.39 is 0 Å². The quantitative estimate of drug-likeness (QED) is 0.741. The number of hydrogen-bond acceptors (Lipinski definition) is 4. The zero-order chi connectivity index (χ0) is 10.5. The van der Waals surface area contributed by atoms with Crippen LogP contribution in [0.4, 0.5) is 0 Å². The second-order valence-corrected chi connectivity index (χ2v) is 3.27. The average Bonchev–Trinajstić information content (AvgIpc) is 2.85. The van der Waals surface area contributed by atoms with Gasteiger partial charge in [-0.25, -0.2) is 0 Å². The fraction of sp³-hybridized carbons (Fsp3) is 0.444. The van der Waals surface area contributed by atoms with Gasteiger partial charge < -0.3 is 5.32 Å². The number of aryl methyl sites for hydroxylation is 2. The van der Waals surface area contributed by atoms with Crippen molar-refractivity contribution in [1.82, 2.24) is 30.1 Å². The highest BCUT2D eigenvalue weighted by atomic mass is 15.4. The Balaban J connectivity index is 1.88. The molecule has 2 aromatic heterocycles. The zero-order valence-electron chi connectivity index (χ0n) is 8.67. The van der Waals surface area contributed by atoms with Crippen molar-refractivity contribution in [2.45, 2.75) is 19.6 Å². The summed E-state index contributed by atoms with van der Waals surface area (Å²) in [6.45, 7) is 2.36. The van der Waals surface area contributed by atoms with Crippen LogP contribution in [0.3, 0.4) is 0 Å². The van der Waals surface area contributed by atoms with Gasteiger partial charge in [0.15, 0.2) is 0 Å². The highest BCUT2D eigenvalue weighted by Crippen LogP contribution is 1.93. The molecule has 0 atom stereocenters. The van der Waals surface area contributed by atoms with Crippen LogP contribution in [0.2, 0.25) is 0 Å². The fourth-order valence-electron chi connectivity index (χ4n) is 1.35. The SMILES string of the molecule is CNCc1cn(CCn2cccn2)nn1. The first kappa shape index (κ1) is 9.85. The molecule has 6 nitrogen and oxygen atoms in total. The number of nitrogens with zero attached hydrogens (tertiary/aromatic N) is 5. The summed E-state index contributed by atoms with van der Waals surface area (Å²) < 4.78 is 3.70. The maximum Gasteiger partial charge on any atom is 0.0964 e. The summed E-state index contributed by atoms with van der Waals surface area (Å²) in [7, 11) is 1.89. The first-order valence-corrected chi connectivity index (χ1v) is 4.89. The highest BCUT2D eigenvalue weighted by Gasteiger charge is 1.99. The second kappa shape index (κ2) is 4.70. The Morgan fingerprint density at radius 2 is 2.20 bits per heavy atom. The lowest BCUT2D eigenvalue weighted by atomic mass is 10.5. The Labute approximate surface area is 87.9 Å². The van der Waals surface area contributed by atoms with E-state index in [-0.39, 0.29) is 0 Å². The molecule has 0 aliphatic heterocycles. The molecule has 0 unspecified atom stereocenters. The molecule has 0 saturated carbocycles. The Kier molecular flexibility index (Phi) is 3.08. The molecule has 15 heavy (non-hydrogen) atoms. The monoisotopic (exact) mass is 206 g/mol. The van der Waals surface area contributed by atoms with Crippen LogP contribution >= 0.6 is 0 Å². The Hall–Kier alpha value is -1.69. The maximum atomic E-state index is 4.12. The summed E-state index contributed by atoms with van der Waals surface area (Å²) in [6, 6.07) is 1.91. The topological polar surface area (TPSA) is 60.6 Å². The predicted molar refractivity (Wildman–Crippen MR) is 55.0 cm³/mol. The van der Waals surface area contributed by atoms with Crippen LogP contribution in [0.5, 0.6) is 0 Å². The third-order valence-electron chi connectivity index (χ3n) is 2.06. The Bertz CT molecular complexity index is 390. The third kappa shape index (κ3) is 2.63. The van der Waals surface area contributed by atoms with Crippen molar-refractivity contribution in [2.24, 2.45) is 0 Å². The number of hydrogen-bond donors (Lipinski definition) is 1. The predicted octanol–water partition coefficient (Wildman–Crippen LogP) is -0.106. The van der Waals surface area contributed by atoms with Gasteiger partial charge in [-0.05, 0) is 13.1 Å². The molecule has 0 amide bonds. The molecule has 0 spiro atoms. The Morgan fingerprint density at radius 3 is 2.93 bits per heavy atom. The van der Waals surface area contributed by atoms with E-state index in [2.05, 4.69) is 20.7 Å². The van der Waals surface area contributed by atoms with Crippen LogP contribution in [0.15, 0.2) is 24.7 Å². The van der Waals surface area contributed by atoms with Crippen molar-refractivity contribution < 1.29 is 0 Å². The molecule has 0 radical (unpaired) electrons. The van der Waals surface area contributed by atoms with E-state index >= 15 is 0 Å². The van der Waals surface area contributed by atoms with E-state index in [1.807, 2.05) is 34.9 Å². The lowest BCUT2D eigenvalue weighted by Crippen LogP contribution is -2.08. The number of aromatic nitrogens is 5. The fourth-order valence-corrected chi connectivity index (χ4v) is 1.35. The van der Waals surface area contributed by atoms with Gasteiger partial charge in [-0.1, -0.05) is 5.21 Å². The molecule has 0 aliphatic carbocycles. The van der Waals surface area contributed by atoms with Crippen LogP contribution in [0.1, 0.15) is 5.69 Å². The van der Waals surface area contributed by atoms with E-state index in [1.165, 1.54) is 0 Å². The molecule has 2 heterocycles. The van der Waals surface area contributed by atoms with Crippen molar-refractivity contribution in [3.05, 3.63) is 30.4 Å². The number of rotatable bonds is 5. The molecule has 0 aromatic carbocycles. The summed E-state index contributed by atoms with van der Waals surface area (Å²) in [5.41, 5.74) is 0.956. The van der Waals surface area contributed by atoms with E-state index in [9.17, 15) is 0 Å². The molecule has 1 N–H and O–H groups in total. The maximum absolute atomic E-state index is 4.12. The first-order valence-electron chi connectivity index (χ1n) is 4.89. The van der Waals surface area contributed by atoms with E-state index in [0.29, 0.717) is 0 Å². The summed E-state index contributed by atoms with van der Waals surface area (Å²) in [5, 5.41) is 15.2. The van der Waals surface area contributed by atoms with Gasteiger partial charge in [-0.3, -0.25) is 9.36 Å². The third-order valence-corrected chi connectivity index (χ3v) is 2.06. The van der Waals surface area contributed by atoms with E-state index in [0.717, 1.165) is 25.3 Å².